The van der Waals surface area contributed by atoms with Crippen LogP contribution in [0, 0.1) is 0 Å². The van der Waals surface area contributed by atoms with Crippen LogP contribution < -0.4 is 0 Å². The fraction of sp³-hybridized carbons (Fsp3) is 0.600. The predicted octanol–water partition coefficient (Wildman–Crippen LogP) is 3.67. The standard InChI is InChI=1S/C20H25BrO6/c1-12-3-7-17(26-12)19(22)24-10-14-5-6-16(21)9-15(14)11-25-20(23)18-8-4-13(2)27-18/h5-6,9,12-13,17-18H,3-4,7-8,10-11H2,1-2H3. The number of carbonyl (C=O) groups excluding carboxylic acids is 2. The van der Waals surface area contributed by atoms with Crippen LogP contribution in [0.4, 0.5) is 0 Å². The van der Waals surface area contributed by atoms with Crippen molar-refractivity contribution in [3.05, 3.63) is 33.8 Å². The van der Waals surface area contributed by atoms with Crippen LogP contribution in [0.1, 0.15) is 50.7 Å². The molecule has 2 aliphatic rings. The molecule has 0 N–H and O–H groups in total. The third-order valence-corrected chi connectivity index (χ3v) is 5.39. The summed E-state index contributed by atoms with van der Waals surface area (Å²) in [6.45, 7) is 4.12. The minimum Gasteiger partial charge on any atom is -0.459 e. The molecule has 1 aromatic rings. The quantitative estimate of drug-likeness (QED) is 0.628. The molecule has 148 valence electrons. The second-order valence-electron chi connectivity index (χ2n) is 7.15. The molecule has 0 bridgehead atoms. The summed E-state index contributed by atoms with van der Waals surface area (Å²) in [5.41, 5.74) is 1.59. The van der Waals surface area contributed by atoms with Crippen molar-refractivity contribution in [1.29, 1.82) is 0 Å². The molecule has 6 nitrogen and oxygen atoms in total. The van der Waals surface area contributed by atoms with Crippen molar-refractivity contribution in [2.24, 2.45) is 0 Å². The van der Waals surface area contributed by atoms with Crippen molar-refractivity contribution in [3.63, 3.8) is 0 Å². The zero-order chi connectivity index (χ0) is 19.4. The van der Waals surface area contributed by atoms with Crippen LogP contribution in [0.3, 0.4) is 0 Å². The molecule has 2 aliphatic heterocycles. The Labute approximate surface area is 167 Å². The zero-order valence-electron chi connectivity index (χ0n) is 15.6. The summed E-state index contributed by atoms with van der Waals surface area (Å²) in [6, 6.07) is 5.58. The van der Waals surface area contributed by atoms with Crippen molar-refractivity contribution in [1.82, 2.24) is 0 Å². The van der Waals surface area contributed by atoms with Gasteiger partial charge in [-0.1, -0.05) is 22.0 Å². The van der Waals surface area contributed by atoms with Crippen molar-refractivity contribution in [3.8, 4) is 0 Å². The summed E-state index contributed by atoms with van der Waals surface area (Å²) < 4.78 is 22.8. The maximum absolute atomic E-state index is 12.2. The average molecular weight is 441 g/mol. The molecular weight excluding hydrogens is 416 g/mol. The molecule has 2 saturated heterocycles. The molecule has 2 fully saturated rings. The maximum atomic E-state index is 12.2. The van der Waals surface area contributed by atoms with E-state index in [4.69, 9.17) is 18.9 Å². The lowest BCUT2D eigenvalue weighted by atomic mass is 10.1. The fourth-order valence-corrected chi connectivity index (χ4v) is 3.71. The van der Waals surface area contributed by atoms with Gasteiger partial charge in [-0.2, -0.15) is 0 Å². The number of halogens is 1. The first-order valence-corrected chi connectivity index (χ1v) is 10.1. The van der Waals surface area contributed by atoms with Crippen LogP contribution in [0.15, 0.2) is 22.7 Å². The van der Waals surface area contributed by atoms with Crippen molar-refractivity contribution in [2.45, 2.75) is 77.2 Å². The topological polar surface area (TPSA) is 71.1 Å². The number of rotatable bonds is 6. The molecule has 0 spiro atoms. The summed E-state index contributed by atoms with van der Waals surface area (Å²) >= 11 is 3.43. The Kier molecular flexibility index (Phi) is 6.89. The van der Waals surface area contributed by atoms with Gasteiger partial charge >= 0.3 is 11.9 Å². The van der Waals surface area contributed by atoms with E-state index >= 15 is 0 Å². The minimum atomic E-state index is -0.491. The second-order valence-corrected chi connectivity index (χ2v) is 8.07. The zero-order valence-corrected chi connectivity index (χ0v) is 17.2. The number of hydrogen-bond donors (Lipinski definition) is 0. The van der Waals surface area contributed by atoms with E-state index in [-0.39, 0.29) is 37.4 Å². The van der Waals surface area contributed by atoms with Crippen LogP contribution in [0.5, 0.6) is 0 Å². The SMILES string of the molecule is CC1CCC(C(=O)OCc2ccc(Br)cc2COC(=O)C2CCC(C)O2)O1. The smallest absolute Gasteiger partial charge is 0.335 e. The molecule has 4 unspecified atom stereocenters. The largest absolute Gasteiger partial charge is 0.459 e. The Bertz CT molecular complexity index is 691. The molecule has 7 heteroatoms. The fourth-order valence-electron chi connectivity index (χ4n) is 3.31. The molecule has 27 heavy (non-hydrogen) atoms. The van der Waals surface area contributed by atoms with Gasteiger partial charge in [-0.25, -0.2) is 9.59 Å². The van der Waals surface area contributed by atoms with Gasteiger partial charge in [0.25, 0.3) is 0 Å². The molecule has 0 saturated carbocycles. The molecule has 0 radical (unpaired) electrons. The first-order valence-electron chi connectivity index (χ1n) is 9.34. The predicted molar refractivity (Wildman–Crippen MR) is 101 cm³/mol. The molecule has 4 atom stereocenters. The van der Waals surface area contributed by atoms with Crippen molar-refractivity contribution >= 4 is 27.9 Å². The monoisotopic (exact) mass is 440 g/mol. The van der Waals surface area contributed by atoms with E-state index in [1.54, 1.807) is 0 Å². The highest BCUT2D eigenvalue weighted by Gasteiger charge is 2.30. The van der Waals surface area contributed by atoms with E-state index in [1.807, 2.05) is 32.0 Å². The Morgan fingerprint density at radius 3 is 1.93 bits per heavy atom. The molecular formula is C20H25BrO6. The van der Waals surface area contributed by atoms with Crippen LogP contribution in [-0.2, 0) is 41.8 Å². The lowest BCUT2D eigenvalue weighted by molar-refractivity contribution is -0.158. The molecule has 0 aliphatic carbocycles. The first-order chi connectivity index (χ1) is 12.9. The van der Waals surface area contributed by atoms with E-state index in [9.17, 15) is 9.59 Å². The number of hydrogen-bond acceptors (Lipinski definition) is 6. The normalized spacial score (nSPS) is 27.5. The Morgan fingerprint density at radius 2 is 1.44 bits per heavy atom. The molecule has 2 heterocycles. The van der Waals surface area contributed by atoms with Gasteiger partial charge in [0, 0.05) is 4.47 Å². The molecule has 1 aromatic carbocycles. The van der Waals surface area contributed by atoms with Gasteiger partial charge in [-0.05, 0) is 62.8 Å². The van der Waals surface area contributed by atoms with Gasteiger partial charge < -0.3 is 18.9 Å². The summed E-state index contributed by atoms with van der Waals surface area (Å²) in [4.78, 5) is 24.3. The van der Waals surface area contributed by atoms with E-state index < -0.39 is 12.2 Å². The first kappa shape index (κ1) is 20.3. The highest BCUT2D eigenvalue weighted by molar-refractivity contribution is 9.10. The third-order valence-electron chi connectivity index (χ3n) is 4.90. The third kappa shape index (κ3) is 5.53. The summed E-state index contributed by atoms with van der Waals surface area (Å²) in [6.07, 6.45) is 2.29. The summed E-state index contributed by atoms with van der Waals surface area (Å²) in [5, 5.41) is 0. The Balaban J connectivity index is 1.56. The van der Waals surface area contributed by atoms with E-state index in [2.05, 4.69) is 15.9 Å². The van der Waals surface area contributed by atoms with Crippen LogP contribution >= 0.6 is 15.9 Å². The molecule has 0 amide bonds. The van der Waals surface area contributed by atoms with Crippen LogP contribution in [-0.4, -0.2) is 36.4 Å². The number of benzene rings is 1. The summed E-state index contributed by atoms with van der Waals surface area (Å²) in [7, 11) is 0. The summed E-state index contributed by atoms with van der Waals surface area (Å²) in [5.74, 6) is -0.700. The van der Waals surface area contributed by atoms with Gasteiger partial charge in [-0.3, -0.25) is 0 Å². The lowest BCUT2D eigenvalue weighted by Crippen LogP contribution is -2.24. The van der Waals surface area contributed by atoms with Gasteiger partial charge in [0.1, 0.15) is 13.2 Å². The highest BCUT2D eigenvalue weighted by atomic mass is 79.9. The number of esters is 2. The Hall–Kier alpha value is -1.44. The van der Waals surface area contributed by atoms with E-state index in [0.29, 0.717) is 12.8 Å². The van der Waals surface area contributed by atoms with Crippen molar-refractivity contribution < 1.29 is 28.5 Å². The van der Waals surface area contributed by atoms with Gasteiger partial charge in [0.05, 0.1) is 12.2 Å². The molecule has 3 rings (SSSR count). The van der Waals surface area contributed by atoms with E-state index in [0.717, 1.165) is 28.4 Å². The highest BCUT2D eigenvalue weighted by Crippen LogP contribution is 2.24. The minimum absolute atomic E-state index is 0.0870. The van der Waals surface area contributed by atoms with Crippen LogP contribution in [0.2, 0.25) is 0 Å². The van der Waals surface area contributed by atoms with Gasteiger partial charge in [-0.15, -0.1) is 0 Å². The van der Waals surface area contributed by atoms with Crippen LogP contribution in [0.25, 0.3) is 0 Å². The maximum Gasteiger partial charge on any atom is 0.335 e. The second kappa shape index (κ2) is 9.17. The molecule has 0 aromatic heterocycles. The Morgan fingerprint density at radius 1 is 0.926 bits per heavy atom. The lowest BCUT2D eigenvalue weighted by Gasteiger charge is -2.15. The number of ether oxygens (including phenoxy) is 4. The van der Waals surface area contributed by atoms with Gasteiger partial charge in [0.2, 0.25) is 0 Å². The average Bonchev–Trinajstić information content (AvgIpc) is 3.27. The van der Waals surface area contributed by atoms with Gasteiger partial charge in [0.15, 0.2) is 12.2 Å². The number of carbonyl (C=O) groups is 2. The van der Waals surface area contributed by atoms with Crippen molar-refractivity contribution in [2.75, 3.05) is 0 Å². The van der Waals surface area contributed by atoms with E-state index in [1.165, 1.54) is 0 Å².